The van der Waals surface area contributed by atoms with Crippen LogP contribution in [-0.4, -0.2) is 61.9 Å². The van der Waals surface area contributed by atoms with Gasteiger partial charge in [0.15, 0.2) is 0 Å². The van der Waals surface area contributed by atoms with Crippen molar-refractivity contribution in [2.24, 2.45) is 0 Å². The SMILES string of the molecule is COCN1CCSC(=Cc2cc(CN(C)C)c(OC(C)=O)c(C(C)(C)C)c2)C1=O. The van der Waals surface area contributed by atoms with Crippen molar-refractivity contribution in [3.05, 3.63) is 33.7 Å². The molecule has 1 aliphatic heterocycles. The average molecular weight is 421 g/mol. The van der Waals surface area contributed by atoms with Gasteiger partial charge in [0.2, 0.25) is 0 Å². The molecular weight excluding hydrogens is 388 g/mol. The van der Waals surface area contributed by atoms with Crippen molar-refractivity contribution in [2.45, 2.75) is 39.7 Å². The van der Waals surface area contributed by atoms with Gasteiger partial charge in [0, 0.05) is 44.0 Å². The molecule has 0 atom stereocenters. The summed E-state index contributed by atoms with van der Waals surface area (Å²) in [6.07, 6.45) is 1.93. The third-order valence-corrected chi connectivity index (χ3v) is 5.42. The Bertz CT molecular complexity index is 795. The van der Waals surface area contributed by atoms with Gasteiger partial charge in [-0.25, -0.2) is 0 Å². The number of carbonyl (C=O) groups excluding carboxylic acids is 2. The summed E-state index contributed by atoms with van der Waals surface area (Å²) < 4.78 is 10.8. The van der Waals surface area contributed by atoms with E-state index >= 15 is 0 Å². The minimum atomic E-state index is -0.338. The molecule has 0 N–H and O–H groups in total. The fourth-order valence-electron chi connectivity index (χ4n) is 3.20. The highest BCUT2D eigenvalue weighted by atomic mass is 32.2. The number of rotatable bonds is 6. The lowest BCUT2D eigenvalue weighted by atomic mass is 9.83. The highest BCUT2D eigenvalue weighted by Crippen LogP contribution is 2.37. The van der Waals surface area contributed by atoms with E-state index in [-0.39, 0.29) is 17.3 Å². The van der Waals surface area contributed by atoms with Crippen LogP contribution >= 0.6 is 11.8 Å². The molecular formula is C22H32N2O4S. The molecule has 0 radical (unpaired) electrons. The number of amides is 1. The molecule has 0 saturated carbocycles. The molecule has 0 spiro atoms. The van der Waals surface area contributed by atoms with Crippen LogP contribution in [0.25, 0.3) is 6.08 Å². The van der Waals surface area contributed by atoms with Crippen molar-refractivity contribution in [1.29, 1.82) is 0 Å². The molecule has 1 fully saturated rings. The van der Waals surface area contributed by atoms with E-state index in [1.54, 1.807) is 23.8 Å². The van der Waals surface area contributed by atoms with Crippen molar-refractivity contribution < 1.29 is 19.1 Å². The number of thioether (sulfide) groups is 1. The quantitative estimate of drug-likeness (QED) is 0.399. The highest BCUT2D eigenvalue weighted by Gasteiger charge is 2.26. The number of benzene rings is 1. The molecule has 160 valence electrons. The summed E-state index contributed by atoms with van der Waals surface area (Å²) in [4.78, 5) is 29.0. The normalized spacial score (nSPS) is 16.6. The number of esters is 1. The monoisotopic (exact) mass is 420 g/mol. The summed E-state index contributed by atoms with van der Waals surface area (Å²) in [5.41, 5.74) is 2.57. The molecule has 0 aliphatic carbocycles. The van der Waals surface area contributed by atoms with Crippen LogP contribution in [-0.2, 0) is 26.3 Å². The molecule has 1 amide bonds. The van der Waals surface area contributed by atoms with E-state index in [1.807, 2.05) is 37.2 Å². The van der Waals surface area contributed by atoms with E-state index in [0.29, 0.717) is 30.5 Å². The fourth-order valence-corrected chi connectivity index (χ4v) is 4.20. The van der Waals surface area contributed by atoms with E-state index in [9.17, 15) is 9.59 Å². The summed E-state index contributed by atoms with van der Waals surface area (Å²) in [7, 11) is 5.54. The van der Waals surface area contributed by atoms with E-state index in [2.05, 4.69) is 20.8 Å². The van der Waals surface area contributed by atoms with Gasteiger partial charge in [-0.05, 0) is 43.3 Å². The first-order chi connectivity index (χ1) is 13.5. The third kappa shape index (κ3) is 6.32. The van der Waals surface area contributed by atoms with Crippen molar-refractivity contribution in [3.63, 3.8) is 0 Å². The van der Waals surface area contributed by atoms with Gasteiger partial charge >= 0.3 is 5.97 Å². The highest BCUT2D eigenvalue weighted by molar-refractivity contribution is 8.04. The Balaban J connectivity index is 2.57. The maximum absolute atomic E-state index is 12.8. The van der Waals surface area contributed by atoms with Crippen LogP contribution in [0.5, 0.6) is 5.75 Å². The molecule has 0 aromatic heterocycles. The molecule has 1 aromatic carbocycles. The van der Waals surface area contributed by atoms with Crippen LogP contribution in [0.3, 0.4) is 0 Å². The second-order valence-corrected chi connectivity index (χ2v) is 9.62. The van der Waals surface area contributed by atoms with Crippen molar-refractivity contribution in [2.75, 3.05) is 40.2 Å². The summed E-state index contributed by atoms with van der Waals surface area (Å²) in [5.74, 6) is 1.10. The zero-order valence-electron chi connectivity index (χ0n) is 18.5. The topological polar surface area (TPSA) is 59.1 Å². The Labute approximate surface area is 178 Å². The summed E-state index contributed by atoms with van der Waals surface area (Å²) in [6, 6.07) is 4.02. The maximum Gasteiger partial charge on any atom is 0.308 e. The van der Waals surface area contributed by atoms with Crippen LogP contribution in [0.1, 0.15) is 44.4 Å². The Morgan fingerprint density at radius 2 is 2.00 bits per heavy atom. The lowest BCUT2D eigenvalue weighted by Crippen LogP contribution is -2.38. The molecule has 7 heteroatoms. The van der Waals surface area contributed by atoms with Crippen LogP contribution in [0.15, 0.2) is 17.0 Å². The molecule has 0 unspecified atom stereocenters. The summed E-state index contributed by atoms with van der Waals surface area (Å²) >= 11 is 1.56. The minimum Gasteiger partial charge on any atom is -0.426 e. The Morgan fingerprint density at radius 1 is 1.31 bits per heavy atom. The van der Waals surface area contributed by atoms with Gasteiger partial charge in [-0.1, -0.05) is 20.8 Å². The number of nitrogens with zero attached hydrogens (tertiary/aromatic N) is 2. The van der Waals surface area contributed by atoms with E-state index in [0.717, 1.165) is 22.4 Å². The zero-order valence-corrected chi connectivity index (χ0v) is 19.3. The maximum atomic E-state index is 12.8. The predicted molar refractivity (Wildman–Crippen MR) is 118 cm³/mol. The van der Waals surface area contributed by atoms with Gasteiger partial charge < -0.3 is 19.3 Å². The van der Waals surface area contributed by atoms with Crippen molar-refractivity contribution in [3.8, 4) is 5.75 Å². The second kappa shape index (κ2) is 9.78. The minimum absolute atomic E-state index is 0.0152. The zero-order chi connectivity index (χ0) is 21.8. The predicted octanol–water partition coefficient (Wildman–Crippen LogP) is 3.49. The molecule has 0 bridgehead atoms. The Kier molecular flexibility index (Phi) is 7.91. The number of methoxy groups -OCH3 is 1. The smallest absolute Gasteiger partial charge is 0.308 e. The summed E-state index contributed by atoms with van der Waals surface area (Å²) in [5, 5.41) is 0. The van der Waals surface area contributed by atoms with Gasteiger partial charge in [-0.15, -0.1) is 11.8 Å². The van der Waals surface area contributed by atoms with Crippen molar-refractivity contribution in [1.82, 2.24) is 9.80 Å². The number of ether oxygens (including phenoxy) is 2. The van der Waals surface area contributed by atoms with Crippen LogP contribution in [0, 0.1) is 0 Å². The summed E-state index contributed by atoms with van der Waals surface area (Å²) in [6.45, 7) is 9.29. The standard InChI is InChI=1S/C22H32N2O4S/c1-15(25)28-20-17(13-23(5)6)10-16(11-18(20)22(2,3)4)12-19-21(26)24(14-27-7)8-9-29-19/h10-12H,8-9,13-14H2,1-7H3. The number of hydrogen-bond acceptors (Lipinski definition) is 6. The third-order valence-electron chi connectivity index (χ3n) is 4.43. The van der Waals surface area contributed by atoms with Gasteiger partial charge in [0.25, 0.3) is 5.91 Å². The average Bonchev–Trinajstić information content (AvgIpc) is 2.58. The first-order valence-electron chi connectivity index (χ1n) is 9.66. The first-order valence-corrected chi connectivity index (χ1v) is 10.6. The van der Waals surface area contributed by atoms with E-state index < -0.39 is 0 Å². The lowest BCUT2D eigenvalue weighted by molar-refractivity contribution is -0.132. The van der Waals surface area contributed by atoms with Gasteiger partial charge in [-0.2, -0.15) is 0 Å². The molecule has 6 nitrogen and oxygen atoms in total. The largest absolute Gasteiger partial charge is 0.426 e. The second-order valence-electron chi connectivity index (χ2n) is 8.48. The van der Waals surface area contributed by atoms with E-state index in [4.69, 9.17) is 9.47 Å². The molecule has 1 aromatic rings. The first kappa shape index (κ1) is 23.4. The van der Waals surface area contributed by atoms with Crippen LogP contribution in [0.4, 0.5) is 0 Å². The molecule has 1 aliphatic rings. The Morgan fingerprint density at radius 3 is 2.55 bits per heavy atom. The van der Waals surface area contributed by atoms with Gasteiger partial charge in [0.1, 0.15) is 12.5 Å². The molecule has 1 saturated heterocycles. The van der Waals surface area contributed by atoms with Crippen molar-refractivity contribution >= 4 is 29.7 Å². The van der Waals surface area contributed by atoms with Crippen LogP contribution in [0.2, 0.25) is 0 Å². The Hall–Kier alpha value is -1.83. The fraction of sp³-hybridized carbons (Fsp3) is 0.545. The molecule has 1 heterocycles. The van der Waals surface area contributed by atoms with Crippen LogP contribution < -0.4 is 4.74 Å². The van der Waals surface area contributed by atoms with E-state index in [1.165, 1.54) is 6.92 Å². The number of carbonyl (C=O) groups is 2. The molecule has 2 rings (SSSR count). The molecule has 29 heavy (non-hydrogen) atoms. The lowest BCUT2D eigenvalue weighted by Gasteiger charge is -2.28. The number of hydrogen-bond donors (Lipinski definition) is 0. The van der Waals surface area contributed by atoms with Gasteiger partial charge in [0.05, 0.1) is 4.91 Å². The van der Waals surface area contributed by atoms with Gasteiger partial charge in [-0.3, -0.25) is 9.59 Å².